The first-order chi connectivity index (χ1) is 12.1. The number of carbonyl (C=O) groups excluding carboxylic acids is 2. The van der Waals surface area contributed by atoms with Crippen LogP contribution in [0.25, 0.3) is 0 Å². The average molecular weight is 340 g/mol. The first-order valence-electron chi connectivity index (χ1n) is 8.00. The third-order valence-corrected chi connectivity index (χ3v) is 4.16. The van der Waals surface area contributed by atoms with E-state index in [0.29, 0.717) is 23.5 Å². The van der Waals surface area contributed by atoms with E-state index in [1.54, 1.807) is 62.8 Å². The zero-order valence-corrected chi connectivity index (χ0v) is 14.1. The van der Waals surface area contributed by atoms with Gasteiger partial charge in [-0.05, 0) is 42.8 Å². The van der Waals surface area contributed by atoms with E-state index in [9.17, 15) is 9.59 Å². The van der Waals surface area contributed by atoms with Gasteiger partial charge < -0.3 is 20.1 Å². The second-order valence-corrected chi connectivity index (χ2v) is 5.89. The number of nitrogens with one attached hydrogen (secondary N) is 2. The molecule has 1 fully saturated rings. The molecule has 1 aliphatic rings. The normalized spacial score (nSPS) is 18.2. The van der Waals surface area contributed by atoms with E-state index in [1.807, 2.05) is 0 Å². The van der Waals surface area contributed by atoms with Crippen LogP contribution in [-0.4, -0.2) is 26.0 Å². The van der Waals surface area contributed by atoms with Crippen LogP contribution in [0.5, 0.6) is 11.5 Å². The average Bonchev–Trinajstić information content (AvgIpc) is 3.43. The van der Waals surface area contributed by atoms with Gasteiger partial charge in [-0.1, -0.05) is 6.07 Å². The molecule has 2 N–H and O–H groups in total. The van der Waals surface area contributed by atoms with Gasteiger partial charge in [0.25, 0.3) is 0 Å². The van der Waals surface area contributed by atoms with Crippen LogP contribution < -0.4 is 20.1 Å². The van der Waals surface area contributed by atoms with Crippen molar-refractivity contribution in [2.45, 2.75) is 6.42 Å². The van der Waals surface area contributed by atoms with Crippen LogP contribution in [0.2, 0.25) is 0 Å². The van der Waals surface area contributed by atoms with Crippen LogP contribution in [0.15, 0.2) is 48.5 Å². The molecule has 3 rings (SSSR count). The van der Waals surface area contributed by atoms with Crippen molar-refractivity contribution in [1.29, 1.82) is 0 Å². The molecule has 2 unspecified atom stereocenters. The van der Waals surface area contributed by atoms with Crippen molar-refractivity contribution < 1.29 is 19.1 Å². The van der Waals surface area contributed by atoms with Gasteiger partial charge in [0.1, 0.15) is 11.5 Å². The third kappa shape index (κ3) is 4.09. The fraction of sp³-hybridized carbons (Fsp3) is 0.263. The number of hydrogen-bond acceptors (Lipinski definition) is 4. The summed E-state index contributed by atoms with van der Waals surface area (Å²) >= 11 is 0. The monoisotopic (exact) mass is 340 g/mol. The molecule has 6 heteroatoms. The Morgan fingerprint density at radius 1 is 0.840 bits per heavy atom. The molecule has 130 valence electrons. The summed E-state index contributed by atoms with van der Waals surface area (Å²) in [5, 5.41) is 5.65. The van der Waals surface area contributed by atoms with Crippen molar-refractivity contribution in [3.05, 3.63) is 48.5 Å². The molecule has 2 aromatic carbocycles. The molecule has 1 saturated carbocycles. The number of rotatable bonds is 6. The number of ether oxygens (including phenoxy) is 2. The summed E-state index contributed by atoms with van der Waals surface area (Å²) < 4.78 is 10.2. The Balaban J connectivity index is 1.53. The number of carbonyl (C=O) groups is 2. The largest absolute Gasteiger partial charge is 0.497 e. The van der Waals surface area contributed by atoms with Gasteiger partial charge in [0.05, 0.1) is 26.1 Å². The molecule has 2 amide bonds. The zero-order chi connectivity index (χ0) is 17.8. The van der Waals surface area contributed by atoms with Crippen LogP contribution in [0, 0.1) is 11.8 Å². The van der Waals surface area contributed by atoms with Crippen molar-refractivity contribution in [3.63, 3.8) is 0 Å². The van der Waals surface area contributed by atoms with E-state index in [4.69, 9.17) is 9.47 Å². The fourth-order valence-corrected chi connectivity index (χ4v) is 2.62. The minimum Gasteiger partial charge on any atom is -0.497 e. The number of anilines is 2. The minimum absolute atomic E-state index is 0.143. The van der Waals surface area contributed by atoms with Gasteiger partial charge in [-0.15, -0.1) is 0 Å². The van der Waals surface area contributed by atoms with Crippen LogP contribution >= 0.6 is 0 Å². The van der Waals surface area contributed by atoms with Crippen molar-refractivity contribution in [3.8, 4) is 11.5 Å². The molecule has 2 atom stereocenters. The lowest BCUT2D eigenvalue weighted by Crippen LogP contribution is -2.20. The van der Waals surface area contributed by atoms with E-state index < -0.39 is 0 Å². The molecule has 0 saturated heterocycles. The summed E-state index contributed by atoms with van der Waals surface area (Å²) in [6, 6.07) is 14.2. The van der Waals surface area contributed by atoms with Gasteiger partial charge in [-0.25, -0.2) is 0 Å². The lowest BCUT2D eigenvalue weighted by Gasteiger charge is -2.08. The highest BCUT2D eigenvalue weighted by Gasteiger charge is 2.48. The Bertz CT molecular complexity index is 773. The van der Waals surface area contributed by atoms with Gasteiger partial charge in [0.15, 0.2) is 0 Å². The number of amides is 2. The fourth-order valence-electron chi connectivity index (χ4n) is 2.62. The molecular weight excluding hydrogens is 320 g/mol. The van der Waals surface area contributed by atoms with Crippen LogP contribution in [0.3, 0.4) is 0 Å². The molecule has 0 bridgehead atoms. The lowest BCUT2D eigenvalue weighted by molar-refractivity contribution is -0.122. The first kappa shape index (κ1) is 16.8. The summed E-state index contributed by atoms with van der Waals surface area (Å²) in [6.07, 6.45) is 0.553. The molecule has 0 spiro atoms. The Labute approximate surface area is 146 Å². The van der Waals surface area contributed by atoms with Crippen LogP contribution in [0.1, 0.15) is 6.42 Å². The number of hydrogen-bond donors (Lipinski definition) is 2. The van der Waals surface area contributed by atoms with Gasteiger partial charge in [0.2, 0.25) is 11.8 Å². The van der Waals surface area contributed by atoms with Crippen LogP contribution in [0.4, 0.5) is 11.4 Å². The highest BCUT2D eigenvalue weighted by atomic mass is 16.5. The molecule has 0 aliphatic heterocycles. The lowest BCUT2D eigenvalue weighted by atomic mass is 10.2. The Morgan fingerprint density at radius 2 is 1.44 bits per heavy atom. The standard InChI is InChI=1S/C19H20N2O4/c1-24-14-8-6-12(7-9-14)20-18(22)16-11-17(16)19(23)21-13-4-3-5-15(10-13)25-2/h3-10,16-17H,11H2,1-2H3,(H,20,22)(H,21,23). The van der Waals surface area contributed by atoms with E-state index in [-0.39, 0.29) is 23.7 Å². The summed E-state index contributed by atoms with van der Waals surface area (Å²) in [6.45, 7) is 0. The zero-order valence-electron chi connectivity index (χ0n) is 14.1. The highest BCUT2D eigenvalue weighted by molar-refractivity contribution is 6.03. The van der Waals surface area contributed by atoms with E-state index in [2.05, 4.69) is 10.6 Å². The smallest absolute Gasteiger partial charge is 0.228 e. The summed E-state index contributed by atoms with van der Waals surface area (Å²) in [4.78, 5) is 24.5. The molecule has 25 heavy (non-hydrogen) atoms. The summed E-state index contributed by atoms with van der Waals surface area (Å²) in [7, 11) is 3.16. The summed E-state index contributed by atoms with van der Waals surface area (Å²) in [5.74, 6) is 0.499. The predicted octanol–water partition coefficient (Wildman–Crippen LogP) is 2.92. The molecule has 0 radical (unpaired) electrons. The minimum atomic E-state index is -0.301. The second kappa shape index (κ2) is 7.25. The molecule has 0 aromatic heterocycles. The quantitative estimate of drug-likeness (QED) is 0.848. The molecule has 1 aliphatic carbocycles. The van der Waals surface area contributed by atoms with Crippen molar-refractivity contribution in [1.82, 2.24) is 0 Å². The SMILES string of the molecule is COc1ccc(NC(=O)C2CC2C(=O)Nc2cccc(OC)c2)cc1. The maximum atomic E-state index is 12.3. The number of benzene rings is 2. The number of methoxy groups -OCH3 is 2. The summed E-state index contributed by atoms with van der Waals surface area (Å²) in [5.41, 5.74) is 1.34. The molecule has 6 nitrogen and oxygen atoms in total. The topological polar surface area (TPSA) is 76.7 Å². The van der Waals surface area contributed by atoms with Crippen molar-refractivity contribution in [2.75, 3.05) is 24.9 Å². The van der Waals surface area contributed by atoms with Gasteiger partial charge in [-0.3, -0.25) is 9.59 Å². The highest BCUT2D eigenvalue weighted by Crippen LogP contribution is 2.40. The predicted molar refractivity (Wildman–Crippen MR) is 94.8 cm³/mol. The molecular formula is C19H20N2O4. The van der Waals surface area contributed by atoms with Gasteiger partial charge in [-0.2, -0.15) is 0 Å². The maximum Gasteiger partial charge on any atom is 0.228 e. The van der Waals surface area contributed by atoms with E-state index in [0.717, 1.165) is 5.75 Å². The Hall–Kier alpha value is -3.02. The van der Waals surface area contributed by atoms with Gasteiger partial charge in [0, 0.05) is 17.4 Å². The van der Waals surface area contributed by atoms with Gasteiger partial charge >= 0.3 is 0 Å². The second-order valence-electron chi connectivity index (χ2n) is 5.89. The Kier molecular flexibility index (Phi) is 4.88. The molecule has 2 aromatic rings. The van der Waals surface area contributed by atoms with Crippen molar-refractivity contribution in [2.24, 2.45) is 11.8 Å². The Morgan fingerprint density at radius 3 is 2.04 bits per heavy atom. The first-order valence-corrected chi connectivity index (χ1v) is 8.00. The van der Waals surface area contributed by atoms with E-state index >= 15 is 0 Å². The van der Waals surface area contributed by atoms with Crippen LogP contribution in [-0.2, 0) is 9.59 Å². The maximum absolute atomic E-state index is 12.3. The van der Waals surface area contributed by atoms with Crippen molar-refractivity contribution >= 4 is 23.2 Å². The van der Waals surface area contributed by atoms with E-state index in [1.165, 1.54) is 0 Å². The molecule has 0 heterocycles. The third-order valence-electron chi connectivity index (χ3n) is 4.16.